The van der Waals surface area contributed by atoms with Crippen molar-refractivity contribution < 1.29 is 18.0 Å². The van der Waals surface area contributed by atoms with Gasteiger partial charge in [-0.3, -0.25) is 14.7 Å². The molecule has 0 aliphatic carbocycles. The normalized spacial score (nSPS) is 19.0. The number of likely N-dealkylation sites (tertiary alicyclic amines) is 1. The van der Waals surface area contributed by atoms with Crippen LogP contribution >= 0.6 is 0 Å². The van der Waals surface area contributed by atoms with Gasteiger partial charge in [0.15, 0.2) is 0 Å². The van der Waals surface area contributed by atoms with Crippen LogP contribution in [0.3, 0.4) is 0 Å². The standard InChI is InChI=1S/C15H20F3N3O/c1-2-20(11-15(16,17)18)9-12-6-8-21(10-12)14(22)13-5-3-4-7-19-13/h3-5,7,12H,2,6,8-11H2,1H3. The smallest absolute Gasteiger partial charge is 0.337 e. The first-order chi connectivity index (χ1) is 10.4. The zero-order valence-corrected chi connectivity index (χ0v) is 12.5. The highest BCUT2D eigenvalue weighted by Gasteiger charge is 2.33. The Labute approximate surface area is 127 Å². The van der Waals surface area contributed by atoms with Crippen LogP contribution in [0.25, 0.3) is 0 Å². The minimum absolute atomic E-state index is 0.0787. The number of rotatable bonds is 5. The molecule has 1 atom stereocenters. The Balaban J connectivity index is 1.88. The van der Waals surface area contributed by atoms with Gasteiger partial charge in [-0.05, 0) is 31.0 Å². The molecule has 1 fully saturated rings. The van der Waals surface area contributed by atoms with E-state index in [1.165, 1.54) is 4.90 Å². The number of carbonyl (C=O) groups excluding carboxylic acids is 1. The fourth-order valence-corrected chi connectivity index (χ4v) is 2.74. The van der Waals surface area contributed by atoms with E-state index in [2.05, 4.69) is 4.98 Å². The number of nitrogens with zero attached hydrogens (tertiary/aromatic N) is 3. The van der Waals surface area contributed by atoms with Crippen molar-refractivity contribution in [2.24, 2.45) is 5.92 Å². The van der Waals surface area contributed by atoms with Crippen molar-refractivity contribution in [2.75, 3.05) is 32.7 Å². The first kappa shape index (κ1) is 16.7. The van der Waals surface area contributed by atoms with Crippen LogP contribution in [0.5, 0.6) is 0 Å². The molecule has 2 heterocycles. The van der Waals surface area contributed by atoms with Crippen LogP contribution in [-0.4, -0.2) is 59.6 Å². The van der Waals surface area contributed by atoms with Gasteiger partial charge in [0.1, 0.15) is 5.69 Å². The lowest BCUT2D eigenvalue weighted by molar-refractivity contribution is -0.146. The van der Waals surface area contributed by atoms with Crippen molar-refractivity contribution >= 4 is 5.91 Å². The maximum atomic E-state index is 12.5. The summed E-state index contributed by atoms with van der Waals surface area (Å²) in [6, 6.07) is 5.13. The maximum absolute atomic E-state index is 12.5. The summed E-state index contributed by atoms with van der Waals surface area (Å²) in [5, 5.41) is 0. The molecule has 0 bridgehead atoms. The highest BCUT2D eigenvalue weighted by atomic mass is 19.4. The molecular weight excluding hydrogens is 295 g/mol. The average Bonchev–Trinajstić information content (AvgIpc) is 2.93. The number of halogens is 3. The molecule has 122 valence electrons. The molecule has 1 amide bonds. The molecule has 1 aromatic rings. The van der Waals surface area contributed by atoms with Crippen LogP contribution in [0, 0.1) is 5.92 Å². The third-order valence-corrected chi connectivity index (χ3v) is 3.82. The Kier molecular flexibility index (Phi) is 5.39. The van der Waals surface area contributed by atoms with Crippen LogP contribution in [0.15, 0.2) is 24.4 Å². The first-order valence-electron chi connectivity index (χ1n) is 7.38. The summed E-state index contributed by atoms with van der Waals surface area (Å²) in [7, 11) is 0. The van der Waals surface area contributed by atoms with E-state index < -0.39 is 12.7 Å². The number of pyridine rings is 1. The van der Waals surface area contributed by atoms with Crippen molar-refractivity contribution in [3.05, 3.63) is 30.1 Å². The molecule has 0 spiro atoms. The molecule has 0 radical (unpaired) electrons. The number of alkyl halides is 3. The summed E-state index contributed by atoms with van der Waals surface area (Å²) in [6.45, 7) is 2.60. The van der Waals surface area contributed by atoms with Crippen LogP contribution in [-0.2, 0) is 0 Å². The Hall–Kier alpha value is -1.63. The van der Waals surface area contributed by atoms with E-state index in [0.717, 1.165) is 6.42 Å². The zero-order chi connectivity index (χ0) is 16.2. The van der Waals surface area contributed by atoms with E-state index in [0.29, 0.717) is 31.9 Å². The molecule has 0 saturated carbocycles. The van der Waals surface area contributed by atoms with Crippen molar-refractivity contribution in [2.45, 2.75) is 19.5 Å². The Morgan fingerprint density at radius 1 is 1.45 bits per heavy atom. The third kappa shape index (κ3) is 4.69. The van der Waals surface area contributed by atoms with Crippen molar-refractivity contribution in [1.82, 2.24) is 14.8 Å². The Morgan fingerprint density at radius 2 is 2.23 bits per heavy atom. The molecule has 7 heteroatoms. The lowest BCUT2D eigenvalue weighted by Gasteiger charge is -2.25. The van der Waals surface area contributed by atoms with Gasteiger partial charge >= 0.3 is 6.18 Å². The topological polar surface area (TPSA) is 36.4 Å². The van der Waals surface area contributed by atoms with Gasteiger partial charge in [0.05, 0.1) is 6.54 Å². The highest BCUT2D eigenvalue weighted by Crippen LogP contribution is 2.22. The molecule has 0 N–H and O–H groups in total. The lowest BCUT2D eigenvalue weighted by atomic mass is 10.1. The van der Waals surface area contributed by atoms with Gasteiger partial charge in [0, 0.05) is 25.8 Å². The van der Waals surface area contributed by atoms with Gasteiger partial charge in [-0.25, -0.2) is 0 Å². The van der Waals surface area contributed by atoms with Crippen LogP contribution in [0.1, 0.15) is 23.8 Å². The molecule has 1 aliphatic heterocycles. The number of hydrogen-bond acceptors (Lipinski definition) is 3. The van der Waals surface area contributed by atoms with E-state index in [4.69, 9.17) is 0 Å². The second kappa shape index (κ2) is 7.09. The van der Waals surface area contributed by atoms with E-state index in [9.17, 15) is 18.0 Å². The van der Waals surface area contributed by atoms with Crippen LogP contribution < -0.4 is 0 Å². The predicted molar refractivity (Wildman–Crippen MR) is 76.4 cm³/mol. The molecular formula is C15H20F3N3O. The number of carbonyl (C=O) groups is 1. The summed E-state index contributed by atoms with van der Waals surface area (Å²) in [4.78, 5) is 19.3. The predicted octanol–water partition coefficient (Wildman–Crippen LogP) is 2.43. The van der Waals surface area contributed by atoms with E-state index in [1.807, 2.05) is 0 Å². The fourth-order valence-electron chi connectivity index (χ4n) is 2.74. The molecule has 1 aromatic heterocycles. The fraction of sp³-hybridized carbons (Fsp3) is 0.600. The largest absolute Gasteiger partial charge is 0.401 e. The summed E-state index contributed by atoms with van der Waals surface area (Å²) in [6.07, 6.45) is -1.89. The average molecular weight is 315 g/mol. The van der Waals surface area contributed by atoms with Gasteiger partial charge in [-0.15, -0.1) is 0 Å². The van der Waals surface area contributed by atoms with Gasteiger partial charge in [0.25, 0.3) is 5.91 Å². The minimum Gasteiger partial charge on any atom is -0.337 e. The number of hydrogen-bond donors (Lipinski definition) is 0. The Morgan fingerprint density at radius 3 is 2.82 bits per heavy atom. The van der Waals surface area contributed by atoms with E-state index in [1.54, 1.807) is 36.2 Å². The first-order valence-corrected chi connectivity index (χ1v) is 7.38. The second-order valence-corrected chi connectivity index (χ2v) is 5.56. The van der Waals surface area contributed by atoms with E-state index in [-0.39, 0.29) is 11.8 Å². The lowest BCUT2D eigenvalue weighted by Crippen LogP contribution is -2.38. The van der Waals surface area contributed by atoms with Crippen LogP contribution in [0.4, 0.5) is 13.2 Å². The zero-order valence-electron chi connectivity index (χ0n) is 12.5. The molecule has 1 unspecified atom stereocenters. The SMILES string of the molecule is CCN(CC1CCN(C(=O)c2ccccn2)C1)CC(F)(F)F. The monoisotopic (exact) mass is 315 g/mol. The van der Waals surface area contributed by atoms with Crippen molar-refractivity contribution in [3.8, 4) is 0 Å². The molecule has 2 rings (SSSR count). The van der Waals surface area contributed by atoms with Gasteiger partial charge < -0.3 is 4.90 Å². The third-order valence-electron chi connectivity index (χ3n) is 3.82. The molecule has 1 saturated heterocycles. The van der Waals surface area contributed by atoms with E-state index >= 15 is 0 Å². The van der Waals surface area contributed by atoms with Gasteiger partial charge in [-0.1, -0.05) is 13.0 Å². The molecule has 22 heavy (non-hydrogen) atoms. The molecule has 0 aromatic carbocycles. The number of aromatic nitrogens is 1. The summed E-state index contributed by atoms with van der Waals surface area (Å²) in [5.41, 5.74) is 0.380. The van der Waals surface area contributed by atoms with Gasteiger partial charge in [-0.2, -0.15) is 13.2 Å². The minimum atomic E-state index is -4.18. The molecule has 1 aliphatic rings. The van der Waals surface area contributed by atoms with Crippen molar-refractivity contribution in [3.63, 3.8) is 0 Å². The second-order valence-electron chi connectivity index (χ2n) is 5.56. The number of amides is 1. The van der Waals surface area contributed by atoms with Crippen molar-refractivity contribution in [1.29, 1.82) is 0 Å². The highest BCUT2D eigenvalue weighted by molar-refractivity contribution is 5.92. The summed E-state index contributed by atoms with van der Waals surface area (Å²) >= 11 is 0. The Bertz CT molecular complexity index is 493. The maximum Gasteiger partial charge on any atom is 0.401 e. The van der Waals surface area contributed by atoms with Crippen LogP contribution in [0.2, 0.25) is 0 Å². The summed E-state index contributed by atoms with van der Waals surface area (Å²) in [5.74, 6) is -0.0723. The summed E-state index contributed by atoms with van der Waals surface area (Å²) < 4.78 is 37.4. The molecule has 4 nitrogen and oxygen atoms in total. The quantitative estimate of drug-likeness (QED) is 0.837. The van der Waals surface area contributed by atoms with Gasteiger partial charge in [0.2, 0.25) is 0 Å².